The lowest BCUT2D eigenvalue weighted by Gasteiger charge is -2.16. The van der Waals surface area contributed by atoms with Gasteiger partial charge in [-0.25, -0.2) is 0 Å². The van der Waals surface area contributed by atoms with Crippen LogP contribution in [0.4, 0.5) is 0 Å². The van der Waals surface area contributed by atoms with Crippen LogP contribution in [0.25, 0.3) is 5.65 Å². The van der Waals surface area contributed by atoms with Crippen molar-refractivity contribution in [3.05, 3.63) is 54.0 Å². The van der Waals surface area contributed by atoms with Crippen molar-refractivity contribution >= 4 is 5.65 Å². The van der Waals surface area contributed by atoms with Crippen molar-refractivity contribution in [3.63, 3.8) is 0 Å². The van der Waals surface area contributed by atoms with E-state index in [1.54, 1.807) is 7.11 Å². The number of nitrogens with zero attached hydrogens (tertiary/aromatic N) is 3. The first-order valence-electron chi connectivity index (χ1n) is 8.06. The standard InChI is InChI=1S/C18H22N4O2/c1-4-24-15-9-7-8-14(17(15)23-3)12-19-13(2)18-21-20-16-10-5-6-11-22(16)18/h5-11,13,19H,4,12H2,1-3H3/t13-/m1/s1. The fourth-order valence-electron chi connectivity index (χ4n) is 2.71. The highest BCUT2D eigenvalue weighted by Gasteiger charge is 2.15. The molecule has 6 heteroatoms. The molecule has 6 nitrogen and oxygen atoms in total. The third-order valence-corrected chi connectivity index (χ3v) is 3.89. The summed E-state index contributed by atoms with van der Waals surface area (Å²) in [6.07, 6.45) is 1.97. The van der Waals surface area contributed by atoms with E-state index in [-0.39, 0.29) is 6.04 Å². The van der Waals surface area contributed by atoms with Crippen molar-refractivity contribution < 1.29 is 9.47 Å². The number of nitrogens with one attached hydrogen (secondary N) is 1. The summed E-state index contributed by atoms with van der Waals surface area (Å²) in [6.45, 7) is 5.29. The van der Waals surface area contributed by atoms with Gasteiger partial charge in [-0.05, 0) is 32.0 Å². The Balaban J connectivity index is 1.77. The number of benzene rings is 1. The fourth-order valence-corrected chi connectivity index (χ4v) is 2.71. The van der Waals surface area contributed by atoms with Gasteiger partial charge < -0.3 is 14.8 Å². The zero-order valence-corrected chi connectivity index (χ0v) is 14.2. The molecule has 24 heavy (non-hydrogen) atoms. The molecule has 0 aliphatic carbocycles. The molecule has 0 amide bonds. The number of fused-ring (bicyclic) bond motifs is 1. The maximum absolute atomic E-state index is 5.63. The van der Waals surface area contributed by atoms with Crippen LogP contribution >= 0.6 is 0 Å². The van der Waals surface area contributed by atoms with Gasteiger partial charge in [0.15, 0.2) is 23.0 Å². The van der Waals surface area contributed by atoms with Crippen LogP contribution in [0.2, 0.25) is 0 Å². The molecule has 0 aliphatic rings. The smallest absolute Gasteiger partial charge is 0.165 e. The molecule has 0 aliphatic heterocycles. The highest BCUT2D eigenvalue weighted by atomic mass is 16.5. The summed E-state index contributed by atoms with van der Waals surface area (Å²) in [7, 11) is 1.66. The number of pyridine rings is 1. The third-order valence-electron chi connectivity index (χ3n) is 3.89. The molecule has 0 unspecified atom stereocenters. The molecule has 0 fully saturated rings. The first kappa shape index (κ1) is 16.3. The molecule has 0 spiro atoms. The second-order valence-corrected chi connectivity index (χ2v) is 5.47. The SMILES string of the molecule is CCOc1cccc(CN[C@H](C)c2nnc3ccccn23)c1OC. The van der Waals surface area contributed by atoms with Crippen LogP contribution in [0.1, 0.15) is 31.3 Å². The van der Waals surface area contributed by atoms with E-state index in [4.69, 9.17) is 9.47 Å². The second-order valence-electron chi connectivity index (χ2n) is 5.47. The molecule has 1 atom stereocenters. The van der Waals surface area contributed by atoms with E-state index < -0.39 is 0 Å². The lowest BCUT2D eigenvalue weighted by Crippen LogP contribution is -2.20. The van der Waals surface area contributed by atoms with Crippen LogP contribution < -0.4 is 14.8 Å². The van der Waals surface area contributed by atoms with Gasteiger partial charge in [0, 0.05) is 18.3 Å². The Morgan fingerprint density at radius 2 is 2.04 bits per heavy atom. The minimum absolute atomic E-state index is 0.0443. The van der Waals surface area contributed by atoms with Gasteiger partial charge in [-0.2, -0.15) is 0 Å². The van der Waals surface area contributed by atoms with Gasteiger partial charge in [0.05, 0.1) is 19.8 Å². The number of ether oxygens (including phenoxy) is 2. The monoisotopic (exact) mass is 326 g/mol. The van der Waals surface area contributed by atoms with E-state index in [0.717, 1.165) is 28.5 Å². The quantitative estimate of drug-likeness (QED) is 0.723. The first-order valence-corrected chi connectivity index (χ1v) is 8.06. The van der Waals surface area contributed by atoms with Crippen LogP contribution in [0.5, 0.6) is 11.5 Å². The van der Waals surface area contributed by atoms with Crippen LogP contribution in [0.15, 0.2) is 42.6 Å². The summed E-state index contributed by atoms with van der Waals surface area (Å²) in [5.74, 6) is 2.41. The van der Waals surface area contributed by atoms with Crippen LogP contribution in [0, 0.1) is 0 Å². The number of para-hydroxylation sites is 1. The predicted octanol–water partition coefficient (Wildman–Crippen LogP) is 2.99. The van der Waals surface area contributed by atoms with E-state index in [9.17, 15) is 0 Å². The molecule has 2 heterocycles. The molecular formula is C18H22N4O2. The highest BCUT2D eigenvalue weighted by Crippen LogP contribution is 2.31. The lowest BCUT2D eigenvalue weighted by atomic mass is 10.1. The fraction of sp³-hybridized carbons (Fsp3) is 0.333. The normalized spacial score (nSPS) is 12.3. The minimum Gasteiger partial charge on any atom is -0.493 e. The van der Waals surface area contributed by atoms with Crippen molar-refractivity contribution in [2.24, 2.45) is 0 Å². The Bertz CT molecular complexity index is 816. The highest BCUT2D eigenvalue weighted by molar-refractivity contribution is 5.46. The van der Waals surface area contributed by atoms with Crippen molar-refractivity contribution in [2.45, 2.75) is 26.4 Å². The van der Waals surface area contributed by atoms with E-state index in [1.807, 2.05) is 53.9 Å². The average Bonchev–Trinajstić information content (AvgIpc) is 3.04. The maximum atomic E-state index is 5.63. The maximum Gasteiger partial charge on any atom is 0.165 e. The van der Waals surface area contributed by atoms with Gasteiger partial charge in [-0.3, -0.25) is 4.40 Å². The summed E-state index contributed by atoms with van der Waals surface area (Å²) in [6, 6.07) is 11.8. The summed E-state index contributed by atoms with van der Waals surface area (Å²) < 4.78 is 13.1. The van der Waals surface area contributed by atoms with Gasteiger partial charge in [-0.1, -0.05) is 18.2 Å². The third kappa shape index (κ3) is 3.19. The Labute approximate surface area is 141 Å². The lowest BCUT2D eigenvalue weighted by molar-refractivity contribution is 0.308. The molecular weight excluding hydrogens is 304 g/mol. The Hall–Kier alpha value is -2.60. The van der Waals surface area contributed by atoms with Crippen molar-refractivity contribution in [3.8, 4) is 11.5 Å². The Morgan fingerprint density at radius 1 is 1.17 bits per heavy atom. The van der Waals surface area contributed by atoms with E-state index >= 15 is 0 Å². The Kier molecular flexibility index (Phi) is 4.96. The van der Waals surface area contributed by atoms with E-state index in [0.29, 0.717) is 13.2 Å². The molecule has 0 bridgehead atoms. The topological polar surface area (TPSA) is 60.7 Å². The van der Waals surface area contributed by atoms with Gasteiger partial charge >= 0.3 is 0 Å². The van der Waals surface area contributed by atoms with E-state index in [1.165, 1.54) is 0 Å². The summed E-state index contributed by atoms with van der Waals surface area (Å²) in [4.78, 5) is 0. The molecule has 3 rings (SSSR count). The zero-order valence-electron chi connectivity index (χ0n) is 14.2. The number of hydrogen-bond acceptors (Lipinski definition) is 5. The average molecular weight is 326 g/mol. The minimum atomic E-state index is 0.0443. The molecule has 0 radical (unpaired) electrons. The Morgan fingerprint density at radius 3 is 2.83 bits per heavy atom. The van der Waals surface area contributed by atoms with Crippen LogP contribution in [-0.4, -0.2) is 28.3 Å². The first-order chi connectivity index (χ1) is 11.7. The van der Waals surface area contributed by atoms with Gasteiger partial charge in [-0.15, -0.1) is 10.2 Å². The van der Waals surface area contributed by atoms with Crippen LogP contribution in [0.3, 0.4) is 0 Å². The van der Waals surface area contributed by atoms with Crippen molar-refractivity contribution in [1.82, 2.24) is 19.9 Å². The van der Waals surface area contributed by atoms with Crippen LogP contribution in [-0.2, 0) is 6.54 Å². The van der Waals surface area contributed by atoms with Gasteiger partial charge in [0.25, 0.3) is 0 Å². The molecule has 3 aromatic rings. The largest absolute Gasteiger partial charge is 0.493 e. The summed E-state index contributed by atoms with van der Waals surface area (Å²) in [5, 5.41) is 12.0. The molecule has 2 aromatic heterocycles. The summed E-state index contributed by atoms with van der Waals surface area (Å²) in [5.41, 5.74) is 1.89. The van der Waals surface area contributed by atoms with Gasteiger partial charge in [0.1, 0.15) is 0 Å². The molecule has 1 N–H and O–H groups in total. The molecule has 0 saturated carbocycles. The van der Waals surface area contributed by atoms with Gasteiger partial charge in [0.2, 0.25) is 0 Å². The molecule has 126 valence electrons. The molecule has 1 aromatic carbocycles. The number of rotatable bonds is 7. The second kappa shape index (κ2) is 7.31. The predicted molar refractivity (Wildman–Crippen MR) is 92.4 cm³/mol. The van der Waals surface area contributed by atoms with Crippen molar-refractivity contribution in [2.75, 3.05) is 13.7 Å². The van der Waals surface area contributed by atoms with Crippen molar-refractivity contribution in [1.29, 1.82) is 0 Å². The zero-order chi connectivity index (χ0) is 16.9. The number of methoxy groups -OCH3 is 1. The number of aromatic nitrogens is 3. The summed E-state index contributed by atoms with van der Waals surface area (Å²) >= 11 is 0. The number of hydrogen-bond donors (Lipinski definition) is 1. The van der Waals surface area contributed by atoms with E-state index in [2.05, 4.69) is 22.4 Å². The molecule has 0 saturated heterocycles.